The lowest BCUT2D eigenvalue weighted by atomic mass is 9.81. The average molecular weight is 270 g/mol. The number of hydrogen-bond acceptors (Lipinski definition) is 3. The number of nitrogens with one attached hydrogen (secondary N) is 1. The highest BCUT2D eigenvalue weighted by atomic mass is 16.5. The molecule has 1 rings (SSSR count). The molecule has 19 heavy (non-hydrogen) atoms. The fourth-order valence-electron chi connectivity index (χ4n) is 2.98. The van der Waals surface area contributed by atoms with Gasteiger partial charge < -0.3 is 15.8 Å². The first-order valence-corrected chi connectivity index (χ1v) is 7.68. The van der Waals surface area contributed by atoms with Crippen LogP contribution < -0.4 is 11.1 Å². The Hall–Kier alpha value is -0.610. The molecule has 4 nitrogen and oxygen atoms in total. The zero-order chi connectivity index (χ0) is 14.1. The summed E-state index contributed by atoms with van der Waals surface area (Å²) in [5.74, 6) is 0.202. The number of methoxy groups -OCH3 is 1. The van der Waals surface area contributed by atoms with Gasteiger partial charge in [0.25, 0.3) is 0 Å². The number of amides is 1. The summed E-state index contributed by atoms with van der Waals surface area (Å²) in [6, 6.07) is 0.132. The van der Waals surface area contributed by atoms with Gasteiger partial charge in [-0.05, 0) is 25.7 Å². The first-order chi connectivity index (χ1) is 9.18. The van der Waals surface area contributed by atoms with Crippen molar-refractivity contribution in [1.82, 2.24) is 5.32 Å². The van der Waals surface area contributed by atoms with E-state index in [1.807, 2.05) is 0 Å². The molecule has 0 aromatic rings. The molecule has 0 aromatic heterocycles. The molecule has 1 saturated carbocycles. The van der Waals surface area contributed by atoms with Crippen molar-refractivity contribution in [3.8, 4) is 0 Å². The minimum absolute atomic E-state index is 0.132. The minimum Gasteiger partial charge on any atom is -0.385 e. The Morgan fingerprint density at radius 2 is 2.11 bits per heavy atom. The van der Waals surface area contributed by atoms with Crippen LogP contribution in [0.3, 0.4) is 0 Å². The van der Waals surface area contributed by atoms with E-state index in [0.717, 1.165) is 51.4 Å². The quantitative estimate of drug-likeness (QED) is 0.675. The number of carbonyl (C=O) groups excluding carboxylic acids is 1. The molecule has 4 heteroatoms. The van der Waals surface area contributed by atoms with E-state index in [1.54, 1.807) is 7.11 Å². The van der Waals surface area contributed by atoms with Gasteiger partial charge in [-0.2, -0.15) is 0 Å². The van der Waals surface area contributed by atoms with Gasteiger partial charge in [-0.1, -0.05) is 32.6 Å². The van der Waals surface area contributed by atoms with Gasteiger partial charge in [0.05, 0.1) is 5.41 Å². The second-order valence-electron chi connectivity index (χ2n) is 5.78. The molecule has 112 valence electrons. The Labute approximate surface area is 117 Å². The monoisotopic (exact) mass is 270 g/mol. The summed E-state index contributed by atoms with van der Waals surface area (Å²) >= 11 is 0. The van der Waals surface area contributed by atoms with E-state index in [2.05, 4.69) is 12.2 Å². The largest absolute Gasteiger partial charge is 0.385 e. The van der Waals surface area contributed by atoms with Crippen LogP contribution in [0, 0.1) is 5.41 Å². The number of ether oxygens (including phenoxy) is 1. The summed E-state index contributed by atoms with van der Waals surface area (Å²) < 4.78 is 5.17. The fraction of sp³-hybridized carbons (Fsp3) is 0.933. The van der Waals surface area contributed by atoms with Gasteiger partial charge in [0.2, 0.25) is 5.91 Å². The van der Waals surface area contributed by atoms with E-state index in [1.165, 1.54) is 0 Å². The van der Waals surface area contributed by atoms with Crippen LogP contribution in [0.4, 0.5) is 0 Å². The van der Waals surface area contributed by atoms with Crippen LogP contribution in [0.5, 0.6) is 0 Å². The molecule has 0 saturated heterocycles. The molecule has 0 radical (unpaired) electrons. The number of hydrogen-bond donors (Lipinski definition) is 2. The van der Waals surface area contributed by atoms with E-state index in [0.29, 0.717) is 13.2 Å². The summed E-state index contributed by atoms with van der Waals surface area (Å²) in [6.45, 7) is 3.36. The molecular formula is C15H30N2O2. The topological polar surface area (TPSA) is 64.3 Å². The third kappa shape index (κ3) is 4.77. The maximum absolute atomic E-state index is 12.6. The summed E-state index contributed by atoms with van der Waals surface area (Å²) in [7, 11) is 1.70. The van der Waals surface area contributed by atoms with E-state index in [-0.39, 0.29) is 17.4 Å². The van der Waals surface area contributed by atoms with Gasteiger partial charge in [0.15, 0.2) is 0 Å². The summed E-state index contributed by atoms with van der Waals surface area (Å²) in [6.07, 6.45) is 8.37. The summed E-state index contributed by atoms with van der Waals surface area (Å²) in [4.78, 5) is 12.6. The van der Waals surface area contributed by atoms with E-state index < -0.39 is 0 Å². The van der Waals surface area contributed by atoms with E-state index in [4.69, 9.17) is 10.5 Å². The van der Waals surface area contributed by atoms with Gasteiger partial charge in [-0.25, -0.2) is 0 Å². The molecule has 1 aliphatic carbocycles. The molecule has 1 unspecified atom stereocenters. The molecule has 0 bridgehead atoms. The first kappa shape index (κ1) is 16.4. The molecule has 0 aromatic carbocycles. The van der Waals surface area contributed by atoms with E-state index >= 15 is 0 Å². The molecule has 3 N–H and O–H groups in total. The van der Waals surface area contributed by atoms with Crippen molar-refractivity contribution in [3.05, 3.63) is 0 Å². The predicted molar refractivity (Wildman–Crippen MR) is 77.9 cm³/mol. The van der Waals surface area contributed by atoms with Crippen LogP contribution in [0.1, 0.15) is 58.3 Å². The van der Waals surface area contributed by atoms with Crippen molar-refractivity contribution in [2.75, 3.05) is 20.3 Å². The second-order valence-corrected chi connectivity index (χ2v) is 5.78. The predicted octanol–water partition coefficient (Wildman–Crippen LogP) is 2.22. The number of carbonyl (C=O) groups is 1. The highest BCUT2D eigenvalue weighted by Gasteiger charge is 2.41. The highest BCUT2D eigenvalue weighted by Crippen LogP contribution is 2.41. The van der Waals surface area contributed by atoms with Crippen molar-refractivity contribution in [3.63, 3.8) is 0 Å². The maximum atomic E-state index is 12.6. The third-order valence-electron chi connectivity index (χ3n) is 4.35. The Morgan fingerprint density at radius 3 is 2.63 bits per heavy atom. The Bertz CT molecular complexity index is 263. The summed E-state index contributed by atoms with van der Waals surface area (Å²) in [5.41, 5.74) is 5.57. The van der Waals surface area contributed by atoms with Crippen LogP contribution in [-0.2, 0) is 9.53 Å². The average Bonchev–Trinajstić information content (AvgIpc) is 2.91. The van der Waals surface area contributed by atoms with Crippen molar-refractivity contribution in [2.24, 2.45) is 11.1 Å². The van der Waals surface area contributed by atoms with Crippen molar-refractivity contribution >= 4 is 5.91 Å². The number of unbranched alkanes of at least 4 members (excludes halogenated alkanes) is 1. The van der Waals surface area contributed by atoms with Crippen molar-refractivity contribution < 1.29 is 9.53 Å². The van der Waals surface area contributed by atoms with Gasteiger partial charge in [-0.3, -0.25) is 4.79 Å². The van der Waals surface area contributed by atoms with Crippen molar-refractivity contribution in [1.29, 1.82) is 0 Å². The number of nitrogens with two attached hydrogens (primary N) is 1. The van der Waals surface area contributed by atoms with E-state index in [9.17, 15) is 4.79 Å². The van der Waals surface area contributed by atoms with Crippen LogP contribution in [0.25, 0.3) is 0 Å². The van der Waals surface area contributed by atoms with Crippen LogP contribution in [0.15, 0.2) is 0 Å². The van der Waals surface area contributed by atoms with Crippen molar-refractivity contribution in [2.45, 2.75) is 64.3 Å². The molecule has 1 atom stereocenters. The maximum Gasteiger partial charge on any atom is 0.226 e. The molecule has 0 spiro atoms. The van der Waals surface area contributed by atoms with Gasteiger partial charge in [-0.15, -0.1) is 0 Å². The molecule has 0 aliphatic heterocycles. The molecule has 0 heterocycles. The van der Waals surface area contributed by atoms with Crippen LogP contribution in [0.2, 0.25) is 0 Å². The zero-order valence-corrected chi connectivity index (χ0v) is 12.5. The second kappa shape index (κ2) is 8.54. The van der Waals surface area contributed by atoms with Crippen LogP contribution >= 0.6 is 0 Å². The Morgan fingerprint density at radius 1 is 1.42 bits per heavy atom. The fourth-order valence-corrected chi connectivity index (χ4v) is 2.98. The zero-order valence-electron chi connectivity index (χ0n) is 12.5. The van der Waals surface area contributed by atoms with Gasteiger partial charge >= 0.3 is 0 Å². The smallest absolute Gasteiger partial charge is 0.226 e. The van der Waals surface area contributed by atoms with Crippen LogP contribution in [-0.4, -0.2) is 32.2 Å². The normalized spacial score (nSPS) is 19.3. The minimum atomic E-state index is -0.199. The first-order valence-electron chi connectivity index (χ1n) is 7.68. The lowest BCUT2D eigenvalue weighted by molar-refractivity contribution is -0.132. The Balaban J connectivity index is 2.55. The lowest BCUT2D eigenvalue weighted by Crippen LogP contribution is -2.47. The number of rotatable bonds is 9. The standard InChI is InChI=1S/C15H30N2O2/c1-3-4-7-13(12-16)17-14(18)15(10-11-19-2)8-5-6-9-15/h13H,3-12,16H2,1-2H3,(H,17,18). The molecule has 1 fully saturated rings. The third-order valence-corrected chi connectivity index (χ3v) is 4.35. The molecular weight excluding hydrogens is 240 g/mol. The lowest BCUT2D eigenvalue weighted by Gasteiger charge is -2.30. The van der Waals surface area contributed by atoms with Gasteiger partial charge in [0.1, 0.15) is 0 Å². The molecule has 1 aliphatic rings. The highest BCUT2D eigenvalue weighted by molar-refractivity contribution is 5.83. The summed E-state index contributed by atoms with van der Waals surface area (Å²) in [5, 5.41) is 3.17. The Kier molecular flexibility index (Phi) is 7.39. The van der Waals surface area contributed by atoms with Gasteiger partial charge in [0, 0.05) is 26.3 Å². The SMILES string of the molecule is CCCCC(CN)NC(=O)C1(CCOC)CCCC1. The molecule has 1 amide bonds.